The van der Waals surface area contributed by atoms with Gasteiger partial charge in [-0.25, -0.2) is 4.79 Å². The summed E-state index contributed by atoms with van der Waals surface area (Å²) in [6, 6.07) is 6.47. The average Bonchev–Trinajstić information content (AvgIpc) is 2.73. The number of rotatable bonds is 3. The molecule has 0 atom stereocenters. The first kappa shape index (κ1) is 23.1. The van der Waals surface area contributed by atoms with Crippen molar-refractivity contribution in [3.8, 4) is 0 Å². The SMILES string of the molecule is COC(=O)N(C)C1(C)CC(C(=O)N2CCC3(CC2)CC(c2cccc(C(C)(C)C)n2)C3)C1. The molecule has 0 N–H and O–H groups in total. The van der Waals surface area contributed by atoms with Gasteiger partial charge in [0, 0.05) is 54.3 Å². The number of piperidine rings is 1. The Kier molecular flexibility index (Phi) is 5.79. The maximum Gasteiger partial charge on any atom is 0.409 e. The fraction of sp³-hybridized carbons (Fsp3) is 0.731. The van der Waals surface area contributed by atoms with Crippen LogP contribution in [-0.2, 0) is 14.9 Å². The van der Waals surface area contributed by atoms with Gasteiger partial charge in [-0.3, -0.25) is 9.78 Å². The van der Waals surface area contributed by atoms with E-state index in [1.54, 1.807) is 11.9 Å². The van der Waals surface area contributed by atoms with Gasteiger partial charge in [-0.05, 0) is 63.0 Å². The highest BCUT2D eigenvalue weighted by molar-refractivity contribution is 5.81. The standard InChI is InChI=1S/C26H39N3O3/c1-24(2,3)21-9-7-8-20(27-21)18-16-26(17-18)10-12-29(13-11-26)22(30)19-14-25(4,15-19)28(5)23(31)32-6/h7-9,18-19H,10-17H2,1-6H3. The molecule has 32 heavy (non-hydrogen) atoms. The molecule has 1 aromatic rings. The van der Waals surface area contributed by atoms with Crippen molar-refractivity contribution in [1.82, 2.24) is 14.8 Å². The van der Waals surface area contributed by atoms with Crippen LogP contribution in [0.1, 0.15) is 83.5 Å². The maximum atomic E-state index is 13.0. The second-order valence-corrected chi connectivity index (χ2v) is 11.8. The van der Waals surface area contributed by atoms with Crippen molar-refractivity contribution >= 4 is 12.0 Å². The Bertz CT molecular complexity index is 869. The molecular formula is C26H39N3O3. The van der Waals surface area contributed by atoms with Gasteiger partial charge in [-0.15, -0.1) is 0 Å². The lowest BCUT2D eigenvalue weighted by molar-refractivity contribution is -0.147. The molecule has 1 aliphatic heterocycles. The number of nitrogens with zero attached hydrogens (tertiary/aromatic N) is 3. The first-order valence-electron chi connectivity index (χ1n) is 12.0. The predicted molar refractivity (Wildman–Crippen MR) is 124 cm³/mol. The lowest BCUT2D eigenvalue weighted by Crippen LogP contribution is -2.60. The summed E-state index contributed by atoms with van der Waals surface area (Å²) < 4.78 is 4.84. The third-order valence-electron chi connectivity index (χ3n) is 8.43. The van der Waals surface area contributed by atoms with Gasteiger partial charge in [-0.1, -0.05) is 26.8 Å². The monoisotopic (exact) mass is 441 g/mol. The number of methoxy groups -OCH3 is 1. The van der Waals surface area contributed by atoms with Gasteiger partial charge < -0.3 is 14.5 Å². The number of amides is 2. The van der Waals surface area contributed by atoms with Crippen LogP contribution in [0.4, 0.5) is 4.79 Å². The van der Waals surface area contributed by atoms with Gasteiger partial charge in [0.05, 0.1) is 7.11 Å². The second kappa shape index (κ2) is 8.03. The van der Waals surface area contributed by atoms with E-state index in [1.807, 2.05) is 6.92 Å². The van der Waals surface area contributed by atoms with E-state index in [0.717, 1.165) is 38.8 Å². The lowest BCUT2D eigenvalue weighted by atomic mass is 9.56. The van der Waals surface area contributed by atoms with Crippen LogP contribution >= 0.6 is 0 Å². The van der Waals surface area contributed by atoms with E-state index in [4.69, 9.17) is 9.72 Å². The highest BCUT2D eigenvalue weighted by atomic mass is 16.5. The van der Waals surface area contributed by atoms with Crippen molar-refractivity contribution in [2.75, 3.05) is 27.2 Å². The topological polar surface area (TPSA) is 62.7 Å². The Hall–Kier alpha value is -2.11. The minimum Gasteiger partial charge on any atom is -0.453 e. The Balaban J connectivity index is 1.27. The molecular weight excluding hydrogens is 402 g/mol. The molecule has 2 amide bonds. The Morgan fingerprint density at radius 1 is 1.12 bits per heavy atom. The first-order valence-corrected chi connectivity index (χ1v) is 12.0. The van der Waals surface area contributed by atoms with Crippen molar-refractivity contribution in [2.45, 2.75) is 83.1 Å². The number of pyridine rings is 1. The molecule has 176 valence electrons. The van der Waals surface area contributed by atoms with Crippen LogP contribution in [0.15, 0.2) is 18.2 Å². The Morgan fingerprint density at radius 3 is 2.31 bits per heavy atom. The molecule has 0 radical (unpaired) electrons. The lowest BCUT2D eigenvalue weighted by Gasteiger charge is -2.54. The van der Waals surface area contributed by atoms with Crippen LogP contribution in [0.25, 0.3) is 0 Å². The Labute approximate surface area is 192 Å². The average molecular weight is 442 g/mol. The molecule has 1 aromatic heterocycles. The summed E-state index contributed by atoms with van der Waals surface area (Å²) >= 11 is 0. The van der Waals surface area contributed by atoms with Gasteiger partial charge >= 0.3 is 6.09 Å². The molecule has 4 rings (SSSR count). The molecule has 2 heterocycles. The van der Waals surface area contributed by atoms with Crippen molar-refractivity contribution in [3.05, 3.63) is 29.6 Å². The van der Waals surface area contributed by atoms with E-state index in [2.05, 4.69) is 43.9 Å². The van der Waals surface area contributed by atoms with Crippen LogP contribution in [0.5, 0.6) is 0 Å². The van der Waals surface area contributed by atoms with Crippen molar-refractivity contribution in [3.63, 3.8) is 0 Å². The molecule has 2 saturated carbocycles. The highest BCUT2D eigenvalue weighted by Gasteiger charge is 2.51. The fourth-order valence-corrected chi connectivity index (χ4v) is 5.97. The molecule has 0 unspecified atom stereocenters. The van der Waals surface area contributed by atoms with Crippen LogP contribution in [-0.4, -0.2) is 59.6 Å². The zero-order valence-corrected chi connectivity index (χ0v) is 20.6. The zero-order valence-electron chi connectivity index (χ0n) is 20.6. The molecule has 6 nitrogen and oxygen atoms in total. The van der Waals surface area contributed by atoms with Crippen LogP contribution in [0.2, 0.25) is 0 Å². The molecule has 0 aromatic carbocycles. The summed E-state index contributed by atoms with van der Waals surface area (Å²) in [5, 5.41) is 0. The number of aromatic nitrogens is 1. The largest absolute Gasteiger partial charge is 0.453 e. The molecule has 1 spiro atoms. The zero-order chi connectivity index (χ0) is 23.3. The summed E-state index contributed by atoms with van der Waals surface area (Å²) in [5.74, 6) is 0.853. The molecule has 3 fully saturated rings. The molecule has 6 heteroatoms. The smallest absolute Gasteiger partial charge is 0.409 e. The summed E-state index contributed by atoms with van der Waals surface area (Å²) in [6.07, 6.45) is 5.69. The first-order chi connectivity index (χ1) is 15.0. The number of hydrogen-bond acceptors (Lipinski definition) is 4. The van der Waals surface area contributed by atoms with Crippen molar-refractivity contribution in [1.29, 1.82) is 0 Å². The third-order valence-corrected chi connectivity index (χ3v) is 8.43. The van der Waals surface area contributed by atoms with E-state index in [9.17, 15) is 9.59 Å². The number of carbonyl (C=O) groups excluding carboxylic acids is 2. The van der Waals surface area contributed by atoms with Gasteiger partial charge in [0.25, 0.3) is 0 Å². The molecule has 1 saturated heterocycles. The van der Waals surface area contributed by atoms with Gasteiger partial charge in [0.15, 0.2) is 0 Å². The summed E-state index contributed by atoms with van der Waals surface area (Å²) in [5.41, 5.74) is 2.60. The summed E-state index contributed by atoms with van der Waals surface area (Å²) in [4.78, 5) is 33.6. The number of likely N-dealkylation sites (tertiary alicyclic amines) is 1. The maximum absolute atomic E-state index is 13.0. The summed E-state index contributed by atoms with van der Waals surface area (Å²) in [6.45, 7) is 10.4. The van der Waals surface area contributed by atoms with Crippen LogP contribution < -0.4 is 0 Å². The molecule has 2 aliphatic carbocycles. The number of ether oxygens (including phenoxy) is 1. The Morgan fingerprint density at radius 2 is 1.75 bits per heavy atom. The highest BCUT2D eigenvalue weighted by Crippen LogP contribution is 2.56. The van der Waals surface area contributed by atoms with Gasteiger partial charge in [0.2, 0.25) is 5.91 Å². The van der Waals surface area contributed by atoms with Crippen LogP contribution in [0.3, 0.4) is 0 Å². The summed E-state index contributed by atoms with van der Waals surface area (Å²) in [7, 11) is 3.16. The number of hydrogen-bond donors (Lipinski definition) is 0. The van der Waals surface area contributed by atoms with E-state index in [-0.39, 0.29) is 28.9 Å². The third kappa shape index (κ3) is 4.13. The van der Waals surface area contributed by atoms with Crippen molar-refractivity contribution < 1.29 is 14.3 Å². The predicted octanol–water partition coefficient (Wildman–Crippen LogP) is 4.73. The van der Waals surface area contributed by atoms with Crippen molar-refractivity contribution in [2.24, 2.45) is 11.3 Å². The quantitative estimate of drug-likeness (QED) is 0.680. The minimum absolute atomic E-state index is 0.0274. The van der Waals surface area contributed by atoms with E-state index in [1.165, 1.54) is 31.3 Å². The second-order valence-electron chi connectivity index (χ2n) is 11.8. The minimum atomic E-state index is -0.333. The van der Waals surface area contributed by atoms with Gasteiger partial charge in [0.1, 0.15) is 0 Å². The number of carbonyl (C=O) groups is 2. The molecule has 0 bridgehead atoms. The van der Waals surface area contributed by atoms with E-state index >= 15 is 0 Å². The normalized spacial score (nSPS) is 27.4. The fourth-order valence-electron chi connectivity index (χ4n) is 5.97. The molecule has 3 aliphatic rings. The van der Waals surface area contributed by atoms with Gasteiger partial charge in [-0.2, -0.15) is 0 Å². The van der Waals surface area contributed by atoms with Crippen LogP contribution in [0, 0.1) is 11.3 Å². The van der Waals surface area contributed by atoms with E-state index in [0.29, 0.717) is 11.3 Å². The van der Waals surface area contributed by atoms with E-state index < -0.39 is 0 Å².